The van der Waals surface area contributed by atoms with Crippen LogP contribution in [0.1, 0.15) is 58.1 Å². The fourth-order valence-electron chi connectivity index (χ4n) is 2.06. The van der Waals surface area contributed by atoms with E-state index < -0.39 is 17.5 Å². The van der Waals surface area contributed by atoms with Gasteiger partial charge in [0.15, 0.2) is 12.4 Å². The molecule has 1 rings (SSSR count). The van der Waals surface area contributed by atoms with Crippen molar-refractivity contribution in [2.24, 2.45) is 0 Å². The Morgan fingerprint density at radius 3 is 2.71 bits per heavy atom. The van der Waals surface area contributed by atoms with Crippen molar-refractivity contribution in [1.29, 1.82) is 0 Å². The Hall–Kier alpha value is -2.31. The molecule has 0 saturated heterocycles. The highest BCUT2D eigenvalue weighted by Crippen LogP contribution is 2.11. The zero-order valence-corrected chi connectivity index (χ0v) is 14.3. The summed E-state index contributed by atoms with van der Waals surface area (Å²) in [7, 11) is 0. The van der Waals surface area contributed by atoms with E-state index in [0.717, 1.165) is 25.7 Å². The lowest BCUT2D eigenvalue weighted by atomic mass is 10.1. The zero-order chi connectivity index (χ0) is 17.9. The van der Waals surface area contributed by atoms with Crippen molar-refractivity contribution in [2.75, 3.05) is 0 Å². The minimum Gasteiger partial charge on any atom is -0.462 e. The minimum absolute atomic E-state index is 0.00364. The van der Waals surface area contributed by atoms with Crippen molar-refractivity contribution in [3.05, 3.63) is 34.3 Å². The third-order valence-electron chi connectivity index (χ3n) is 3.36. The second kappa shape index (κ2) is 10.5. The molecule has 134 valence electrons. The smallest absolute Gasteiger partial charge is 0.334 e. The SMILES string of the molecule is C=C(CC(=O)OC(C)CCCCCC)C(=O)OCc1cc(=O)[nH]o1. The van der Waals surface area contributed by atoms with Crippen LogP contribution in [0, 0.1) is 0 Å². The van der Waals surface area contributed by atoms with Gasteiger partial charge in [-0.2, -0.15) is 5.16 Å². The number of carbonyl (C=O) groups excluding carboxylic acids is 2. The first-order valence-corrected chi connectivity index (χ1v) is 8.14. The molecule has 0 aliphatic carbocycles. The van der Waals surface area contributed by atoms with Crippen LogP contribution in [0.5, 0.6) is 0 Å². The van der Waals surface area contributed by atoms with Gasteiger partial charge in [-0.1, -0.05) is 32.8 Å². The summed E-state index contributed by atoms with van der Waals surface area (Å²) in [4.78, 5) is 34.4. The van der Waals surface area contributed by atoms with E-state index in [-0.39, 0.29) is 30.5 Å². The Balaban J connectivity index is 2.25. The predicted octanol–water partition coefficient (Wildman–Crippen LogP) is 2.86. The van der Waals surface area contributed by atoms with E-state index in [9.17, 15) is 14.4 Å². The van der Waals surface area contributed by atoms with Gasteiger partial charge in [-0.25, -0.2) is 4.79 Å². The molecule has 1 N–H and O–H groups in total. The number of carbonyl (C=O) groups is 2. The van der Waals surface area contributed by atoms with Crippen LogP contribution in [-0.2, 0) is 25.7 Å². The van der Waals surface area contributed by atoms with Crippen molar-refractivity contribution >= 4 is 11.9 Å². The molecule has 0 radical (unpaired) electrons. The molecule has 1 heterocycles. The van der Waals surface area contributed by atoms with Crippen molar-refractivity contribution in [1.82, 2.24) is 5.16 Å². The van der Waals surface area contributed by atoms with Gasteiger partial charge in [0, 0.05) is 5.57 Å². The highest BCUT2D eigenvalue weighted by atomic mass is 16.6. The summed E-state index contributed by atoms with van der Waals surface area (Å²) in [6.45, 7) is 7.29. The Kier molecular flexibility index (Phi) is 8.60. The molecule has 7 nitrogen and oxygen atoms in total. The van der Waals surface area contributed by atoms with Crippen molar-refractivity contribution in [3.8, 4) is 0 Å². The molecule has 0 aliphatic heterocycles. The van der Waals surface area contributed by atoms with E-state index >= 15 is 0 Å². The van der Waals surface area contributed by atoms with E-state index in [4.69, 9.17) is 14.0 Å². The minimum atomic E-state index is -0.730. The van der Waals surface area contributed by atoms with Crippen LogP contribution >= 0.6 is 0 Å². The van der Waals surface area contributed by atoms with E-state index in [1.807, 2.05) is 6.92 Å². The maximum absolute atomic E-state index is 11.8. The van der Waals surface area contributed by atoms with Crippen LogP contribution in [0.15, 0.2) is 27.5 Å². The lowest BCUT2D eigenvalue weighted by molar-refractivity contribution is -0.150. The van der Waals surface area contributed by atoms with E-state index in [2.05, 4.69) is 18.7 Å². The number of unbranched alkanes of at least 4 members (excludes halogenated alkanes) is 3. The standard InChI is InChI=1S/C17H25NO6/c1-4-5-6-7-8-13(3)23-16(20)9-12(2)17(21)22-11-14-10-15(19)18-24-14/h10,13H,2,4-9,11H2,1,3H3,(H,18,19). The molecule has 0 amide bonds. The fraction of sp³-hybridized carbons (Fsp3) is 0.588. The van der Waals surface area contributed by atoms with Crippen molar-refractivity contribution in [2.45, 2.75) is 65.1 Å². The van der Waals surface area contributed by atoms with E-state index in [0.29, 0.717) is 0 Å². The Morgan fingerprint density at radius 1 is 1.33 bits per heavy atom. The van der Waals surface area contributed by atoms with Gasteiger partial charge in [-0.15, -0.1) is 0 Å². The number of aromatic amines is 1. The number of H-pyrrole nitrogens is 1. The number of hydrogen-bond donors (Lipinski definition) is 1. The normalized spacial score (nSPS) is 11.8. The molecular weight excluding hydrogens is 314 g/mol. The van der Waals surface area contributed by atoms with Crippen LogP contribution in [0.3, 0.4) is 0 Å². The van der Waals surface area contributed by atoms with Gasteiger partial charge in [-0.05, 0) is 19.8 Å². The number of rotatable bonds is 11. The summed E-state index contributed by atoms with van der Waals surface area (Å²) in [5.41, 5.74) is -0.424. The van der Waals surface area contributed by atoms with Gasteiger partial charge in [-0.3, -0.25) is 9.59 Å². The highest BCUT2D eigenvalue weighted by Gasteiger charge is 2.17. The molecule has 0 aromatic carbocycles. The second-order valence-corrected chi connectivity index (χ2v) is 5.69. The van der Waals surface area contributed by atoms with E-state index in [1.54, 1.807) is 0 Å². The van der Waals surface area contributed by atoms with Gasteiger partial charge < -0.3 is 14.0 Å². The highest BCUT2D eigenvalue weighted by molar-refractivity contribution is 5.93. The maximum atomic E-state index is 11.8. The van der Waals surface area contributed by atoms with Gasteiger partial charge in [0.1, 0.15) is 0 Å². The maximum Gasteiger partial charge on any atom is 0.334 e. The number of hydrogen-bond acceptors (Lipinski definition) is 6. The summed E-state index contributed by atoms with van der Waals surface area (Å²) in [5, 5.41) is 2.08. The summed E-state index contributed by atoms with van der Waals surface area (Å²) in [6, 6.07) is 1.17. The molecule has 1 atom stereocenters. The number of esters is 2. The lowest BCUT2D eigenvalue weighted by Crippen LogP contribution is -2.17. The first-order valence-electron chi connectivity index (χ1n) is 8.14. The first kappa shape index (κ1) is 19.7. The molecule has 1 unspecified atom stereocenters. The zero-order valence-electron chi connectivity index (χ0n) is 14.3. The van der Waals surface area contributed by atoms with Gasteiger partial charge in [0.2, 0.25) is 0 Å². The second-order valence-electron chi connectivity index (χ2n) is 5.69. The molecule has 0 aliphatic rings. The molecule has 0 saturated carbocycles. The third kappa shape index (κ3) is 7.80. The Bertz CT molecular complexity index is 600. The monoisotopic (exact) mass is 339 g/mol. The summed E-state index contributed by atoms with van der Waals surface area (Å²) >= 11 is 0. The van der Waals surface area contributed by atoms with Crippen LogP contribution in [0.4, 0.5) is 0 Å². The first-order chi connectivity index (χ1) is 11.4. The molecule has 1 aromatic heterocycles. The van der Waals surface area contributed by atoms with Gasteiger partial charge in [0.25, 0.3) is 5.56 Å². The summed E-state index contributed by atoms with van der Waals surface area (Å²) in [6.07, 6.45) is 4.84. The van der Waals surface area contributed by atoms with Crippen LogP contribution in [0.2, 0.25) is 0 Å². The number of aromatic nitrogens is 1. The molecule has 7 heteroatoms. The van der Waals surface area contributed by atoms with Crippen molar-refractivity contribution < 1.29 is 23.6 Å². The van der Waals surface area contributed by atoms with Gasteiger partial charge >= 0.3 is 11.9 Å². The summed E-state index contributed by atoms with van der Waals surface area (Å²) < 4.78 is 14.9. The van der Waals surface area contributed by atoms with Crippen molar-refractivity contribution in [3.63, 3.8) is 0 Å². The topological polar surface area (TPSA) is 98.6 Å². The van der Waals surface area contributed by atoms with Crippen LogP contribution in [0.25, 0.3) is 0 Å². The third-order valence-corrected chi connectivity index (χ3v) is 3.36. The number of ether oxygens (including phenoxy) is 2. The van der Waals surface area contributed by atoms with E-state index in [1.165, 1.54) is 12.5 Å². The Morgan fingerprint density at radius 2 is 2.08 bits per heavy atom. The molecule has 0 bridgehead atoms. The molecule has 1 aromatic rings. The number of nitrogens with one attached hydrogen (secondary N) is 1. The van der Waals surface area contributed by atoms with Crippen LogP contribution < -0.4 is 5.56 Å². The molecular formula is C17H25NO6. The average Bonchev–Trinajstić information content (AvgIpc) is 2.94. The quantitative estimate of drug-likeness (QED) is 0.378. The Labute approximate surface area is 141 Å². The largest absolute Gasteiger partial charge is 0.462 e. The fourth-order valence-corrected chi connectivity index (χ4v) is 2.06. The van der Waals surface area contributed by atoms with Gasteiger partial charge in [0.05, 0.1) is 18.6 Å². The molecule has 0 spiro atoms. The predicted molar refractivity (Wildman–Crippen MR) is 87.2 cm³/mol. The molecule has 24 heavy (non-hydrogen) atoms. The van der Waals surface area contributed by atoms with Crippen LogP contribution in [-0.4, -0.2) is 23.2 Å². The summed E-state index contributed by atoms with van der Waals surface area (Å²) in [5.74, 6) is -1.05. The lowest BCUT2D eigenvalue weighted by Gasteiger charge is -2.13. The molecule has 0 fully saturated rings. The average molecular weight is 339 g/mol.